The van der Waals surface area contributed by atoms with Gasteiger partial charge in [0.2, 0.25) is 5.91 Å². The predicted molar refractivity (Wildman–Crippen MR) is 138 cm³/mol. The number of unbranched alkanes of at least 4 members (excludes halogenated alkanes) is 14. The second-order valence-electron chi connectivity index (χ2n) is 9.14. The molecule has 2 N–H and O–H groups in total. The Bertz CT molecular complexity index is 827. The van der Waals surface area contributed by atoms with E-state index < -0.39 is 0 Å². The number of H-pyrrole nitrogens is 1. The van der Waals surface area contributed by atoms with E-state index >= 15 is 0 Å². The van der Waals surface area contributed by atoms with E-state index in [2.05, 4.69) is 22.4 Å². The number of nitrogens with one attached hydrogen (secondary N) is 2. The number of aromatic amines is 1. The van der Waals surface area contributed by atoms with Gasteiger partial charge in [-0.15, -0.1) is 0 Å². The van der Waals surface area contributed by atoms with E-state index in [1.807, 2.05) is 24.3 Å². The molecule has 0 radical (unpaired) electrons. The number of amides is 1. The highest BCUT2D eigenvalue weighted by molar-refractivity contribution is 5.91. The van der Waals surface area contributed by atoms with Crippen molar-refractivity contribution in [2.75, 3.05) is 5.32 Å². The van der Waals surface area contributed by atoms with Crippen LogP contribution >= 0.6 is 0 Å². The molecule has 0 spiro atoms. The van der Waals surface area contributed by atoms with Crippen molar-refractivity contribution < 1.29 is 4.79 Å². The van der Waals surface area contributed by atoms with E-state index in [9.17, 15) is 9.59 Å². The van der Waals surface area contributed by atoms with Crippen molar-refractivity contribution in [3.05, 3.63) is 46.8 Å². The molecule has 0 bridgehead atoms. The fraction of sp³-hybridized carbons (Fsp3) is 0.607. The van der Waals surface area contributed by atoms with Crippen LogP contribution in [0.25, 0.3) is 11.3 Å². The van der Waals surface area contributed by atoms with Gasteiger partial charge in [-0.3, -0.25) is 9.59 Å². The lowest BCUT2D eigenvalue weighted by atomic mass is 10.0. The summed E-state index contributed by atoms with van der Waals surface area (Å²) in [5.74, 6) is 0.0521. The van der Waals surface area contributed by atoms with E-state index in [1.54, 1.807) is 6.07 Å². The summed E-state index contributed by atoms with van der Waals surface area (Å²) in [6, 6.07) is 10.7. The van der Waals surface area contributed by atoms with Gasteiger partial charge in [-0.1, -0.05) is 109 Å². The molecule has 1 amide bonds. The molecule has 0 saturated carbocycles. The van der Waals surface area contributed by atoms with Gasteiger partial charge in [0.25, 0.3) is 5.56 Å². The smallest absolute Gasteiger partial charge is 0.264 e. The van der Waals surface area contributed by atoms with Crippen LogP contribution in [0.1, 0.15) is 110 Å². The molecular weight excluding hydrogens is 410 g/mol. The van der Waals surface area contributed by atoms with Gasteiger partial charge >= 0.3 is 0 Å². The molecule has 5 heteroatoms. The lowest BCUT2D eigenvalue weighted by Crippen LogP contribution is -2.11. The van der Waals surface area contributed by atoms with E-state index in [0.717, 1.165) is 24.1 Å². The molecule has 1 aromatic carbocycles. The fourth-order valence-corrected chi connectivity index (χ4v) is 4.14. The SMILES string of the molecule is CCCCCCCCCCCCCCCCCC(=O)Nc1cccc(-c2ccc(=O)[nH]n2)c1. The zero-order valence-corrected chi connectivity index (χ0v) is 20.5. The largest absolute Gasteiger partial charge is 0.326 e. The number of aromatic nitrogens is 2. The Morgan fingerprint density at radius 2 is 1.36 bits per heavy atom. The van der Waals surface area contributed by atoms with Crippen LogP contribution < -0.4 is 10.9 Å². The third kappa shape index (κ3) is 12.4. The topological polar surface area (TPSA) is 74.8 Å². The quantitative estimate of drug-likeness (QED) is 0.228. The summed E-state index contributed by atoms with van der Waals surface area (Å²) >= 11 is 0. The van der Waals surface area contributed by atoms with Crippen LogP contribution in [0.4, 0.5) is 5.69 Å². The summed E-state index contributed by atoms with van der Waals surface area (Å²) in [6.07, 6.45) is 20.4. The molecule has 0 aliphatic rings. The van der Waals surface area contributed by atoms with Gasteiger partial charge in [0.15, 0.2) is 0 Å². The second kappa shape index (κ2) is 17.1. The number of nitrogens with zero attached hydrogens (tertiary/aromatic N) is 1. The molecule has 0 fully saturated rings. The first kappa shape index (κ1) is 26.8. The summed E-state index contributed by atoms with van der Waals surface area (Å²) in [5, 5.41) is 9.45. The molecule has 0 atom stereocenters. The lowest BCUT2D eigenvalue weighted by molar-refractivity contribution is -0.116. The molecule has 5 nitrogen and oxygen atoms in total. The first-order valence-corrected chi connectivity index (χ1v) is 13.1. The van der Waals surface area contributed by atoms with Gasteiger partial charge in [-0.2, -0.15) is 5.10 Å². The number of hydrogen-bond donors (Lipinski definition) is 2. The van der Waals surface area contributed by atoms with Crippen LogP contribution in [0, 0.1) is 0 Å². The maximum absolute atomic E-state index is 12.3. The van der Waals surface area contributed by atoms with Crippen molar-refractivity contribution in [2.45, 2.75) is 110 Å². The van der Waals surface area contributed by atoms with Gasteiger partial charge in [0.05, 0.1) is 5.69 Å². The normalized spacial score (nSPS) is 10.9. The van der Waals surface area contributed by atoms with Crippen molar-refractivity contribution in [3.8, 4) is 11.3 Å². The number of benzene rings is 1. The Balaban J connectivity index is 1.47. The lowest BCUT2D eigenvalue weighted by Gasteiger charge is -2.07. The van der Waals surface area contributed by atoms with Crippen LogP contribution in [0.15, 0.2) is 41.2 Å². The minimum Gasteiger partial charge on any atom is -0.326 e. The minimum absolute atomic E-state index is 0.0521. The molecule has 1 aromatic heterocycles. The third-order valence-electron chi connectivity index (χ3n) is 6.13. The van der Waals surface area contributed by atoms with Crippen molar-refractivity contribution in [3.63, 3.8) is 0 Å². The zero-order chi connectivity index (χ0) is 23.6. The molecule has 2 aromatic rings. The highest BCUT2D eigenvalue weighted by atomic mass is 16.1. The highest BCUT2D eigenvalue weighted by Gasteiger charge is 2.05. The number of carbonyl (C=O) groups excluding carboxylic acids is 1. The predicted octanol–water partition coefficient (Wildman–Crippen LogP) is 7.64. The van der Waals surface area contributed by atoms with Gasteiger partial charge in [0.1, 0.15) is 0 Å². The molecule has 0 unspecified atom stereocenters. The summed E-state index contributed by atoms with van der Waals surface area (Å²) in [7, 11) is 0. The maximum Gasteiger partial charge on any atom is 0.264 e. The van der Waals surface area contributed by atoms with Crippen LogP contribution in [0.2, 0.25) is 0 Å². The Morgan fingerprint density at radius 1 is 0.788 bits per heavy atom. The molecule has 33 heavy (non-hydrogen) atoms. The van der Waals surface area contributed by atoms with Gasteiger partial charge in [-0.05, 0) is 24.6 Å². The Hall–Kier alpha value is -2.43. The van der Waals surface area contributed by atoms with Crippen LogP contribution in [-0.2, 0) is 4.79 Å². The number of carbonyl (C=O) groups is 1. The minimum atomic E-state index is -0.230. The average Bonchev–Trinajstić information content (AvgIpc) is 2.82. The Kier molecular flexibility index (Phi) is 13.9. The van der Waals surface area contributed by atoms with E-state index in [1.165, 1.54) is 89.5 Å². The van der Waals surface area contributed by atoms with Crippen LogP contribution in [-0.4, -0.2) is 16.1 Å². The third-order valence-corrected chi connectivity index (χ3v) is 6.13. The maximum atomic E-state index is 12.3. The van der Waals surface area contributed by atoms with Gasteiger partial charge in [-0.25, -0.2) is 5.10 Å². The number of rotatable bonds is 18. The van der Waals surface area contributed by atoms with E-state index in [4.69, 9.17) is 0 Å². The molecule has 182 valence electrons. The summed E-state index contributed by atoms with van der Waals surface area (Å²) in [6.45, 7) is 2.27. The molecule has 0 saturated heterocycles. The van der Waals surface area contributed by atoms with Crippen molar-refractivity contribution >= 4 is 11.6 Å². The summed E-state index contributed by atoms with van der Waals surface area (Å²) in [5.41, 5.74) is 2.06. The standard InChI is InChI=1S/C28H43N3O2/c1-2-3-4-5-6-7-8-9-10-11-12-13-14-15-16-20-27(32)29-25-19-17-18-24(23-25)26-21-22-28(33)31-30-26/h17-19,21-23H,2-16,20H2,1H3,(H,29,32)(H,31,33). The highest BCUT2D eigenvalue weighted by Crippen LogP contribution is 2.20. The molecule has 2 rings (SSSR count). The second-order valence-corrected chi connectivity index (χ2v) is 9.14. The van der Waals surface area contributed by atoms with Crippen LogP contribution in [0.3, 0.4) is 0 Å². The molecular formula is C28H43N3O2. The summed E-state index contributed by atoms with van der Waals surface area (Å²) in [4.78, 5) is 23.4. The number of anilines is 1. The summed E-state index contributed by atoms with van der Waals surface area (Å²) < 4.78 is 0. The van der Waals surface area contributed by atoms with Crippen molar-refractivity contribution in [1.82, 2.24) is 10.2 Å². The fourth-order valence-electron chi connectivity index (χ4n) is 4.14. The van der Waals surface area contributed by atoms with Gasteiger partial charge < -0.3 is 5.32 Å². The molecule has 1 heterocycles. The molecule has 0 aliphatic carbocycles. The van der Waals surface area contributed by atoms with Crippen molar-refractivity contribution in [2.24, 2.45) is 0 Å². The van der Waals surface area contributed by atoms with Crippen molar-refractivity contribution in [1.29, 1.82) is 0 Å². The zero-order valence-electron chi connectivity index (χ0n) is 20.5. The molecule has 0 aliphatic heterocycles. The monoisotopic (exact) mass is 453 g/mol. The average molecular weight is 454 g/mol. The van der Waals surface area contributed by atoms with Gasteiger partial charge in [0, 0.05) is 23.7 Å². The Morgan fingerprint density at radius 3 is 1.91 bits per heavy atom. The Labute approximate surface area is 199 Å². The number of hydrogen-bond acceptors (Lipinski definition) is 3. The van der Waals surface area contributed by atoms with E-state index in [0.29, 0.717) is 12.1 Å². The van der Waals surface area contributed by atoms with Crippen LogP contribution in [0.5, 0.6) is 0 Å². The first-order chi connectivity index (χ1) is 16.2. The first-order valence-electron chi connectivity index (χ1n) is 13.1. The van der Waals surface area contributed by atoms with E-state index in [-0.39, 0.29) is 11.5 Å².